The number of aromatic nitrogens is 14. The fourth-order valence-electron chi connectivity index (χ4n) is 5.87. The molecule has 0 bridgehead atoms. The first-order valence-corrected chi connectivity index (χ1v) is 15.7. The summed E-state index contributed by atoms with van der Waals surface area (Å²) < 4.78 is 4.85. The van der Waals surface area contributed by atoms with E-state index in [0.717, 1.165) is 10.9 Å². The largest absolute Gasteiger partial charge is 0.261 e. The first kappa shape index (κ1) is 28.2. The molecule has 0 aliphatic heterocycles. The number of rotatable bonds is 6. The minimum absolute atomic E-state index is 0.415. The topological polar surface area (TPSA) is 180 Å². The third kappa shape index (κ3) is 4.88. The van der Waals surface area contributed by atoms with Crippen LogP contribution < -0.4 is 0 Å². The molecule has 0 aliphatic carbocycles. The lowest BCUT2D eigenvalue weighted by atomic mass is 9.83. The summed E-state index contributed by atoms with van der Waals surface area (Å²) in [5.74, 6) is 0.415. The van der Waals surface area contributed by atoms with Crippen molar-refractivity contribution in [2.45, 2.75) is 0 Å². The summed E-state index contributed by atoms with van der Waals surface area (Å²) in [7, 11) is 0. The lowest BCUT2D eigenvalue weighted by Gasteiger charge is -2.23. The second-order valence-corrected chi connectivity index (χ2v) is 11.3. The van der Waals surface area contributed by atoms with Gasteiger partial charge in [-0.3, -0.25) is 9.97 Å². The zero-order chi connectivity index (χ0) is 32.6. The molecule has 0 spiro atoms. The summed E-state index contributed by atoms with van der Waals surface area (Å²) in [6.45, 7) is 0. The zero-order valence-corrected chi connectivity index (χ0v) is 25.9. The molecule has 0 fully saturated rings. The Morgan fingerprint density at radius 1 is 0.490 bits per heavy atom. The van der Waals surface area contributed by atoms with Gasteiger partial charge < -0.3 is 0 Å². The average Bonchev–Trinajstić information content (AvgIpc) is 3.73. The molecule has 14 nitrogen and oxygen atoms in total. The van der Waals surface area contributed by atoms with Crippen molar-refractivity contribution in [2.24, 2.45) is 0 Å². The summed E-state index contributed by atoms with van der Waals surface area (Å²) in [4.78, 5) is 18.7. The maximum absolute atomic E-state index is 4.85. The van der Waals surface area contributed by atoms with Gasteiger partial charge in [0.2, 0.25) is 0 Å². The van der Waals surface area contributed by atoms with Crippen LogP contribution in [0.1, 0.15) is 0 Å². The van der Waals surface area contributed by atoms with Crippen LogP contribution >= 0.6 is 11.5 Å². The second kappa shape index (κ2) is 12.0. The van der Waals surface area contributed by atoms with E-state index in [1.807, 2.05) is 53.9 Å². The number of hydrogen-bond donors (Lipinski definition) is 0. The van der Waals surface area contributed by atoms with Gasteiger partial charge in [0.1, 0.15) is 22.8 Å². The highest BCUT2D eigenvalue weighted by Gasteiger charge is 2.32. The quantitative estimate of drug-likeness (QED) is 0.216. The summed E-state index contributed by atoms with van der Waals surface area (Å²) in [5, 5.41) is 44.0. The lowest BCUT2D eigenvalue weighted by Crippen LogP contribution is -2.07. The highest BCUT2D eigenvalue weighted by atomic mass is 32.1. The summed E-state index contributed by atoms with van der Waals surface area (Å²) >= 11 is 1.32. The fourth-order valence-corrected chi connectivity index (χ4v) is 6.39. The zero-order valence-electron chi connectivity index (χ0n) is 25.1. The first-order valence-electron chi connectivity index (χ1n) is 14.9. The van der Waals surface area contributed by atoms with Crippen molar-refractivity contribution in [3.63, 3.8) is 0 Å². The molecule has 0 unspecified atom stereocenters. The van der Waals surface area contributed by atoms with E-state index in [2.05, 4.69) is 40.8 Å². The number of nitrogens with zero attached hydrogens (tertiary/aromatic N) is 14. The van der Waals surface area contributed by atoms with Gasteiger partial charge in [0, 0.05) is 74.8 Å². The Morgan fingerprint density at radius 2 is 1.35 bits per heavy atom. The fraction of sp³-hybridized carbons (Fsp3) is 0. The van der Waals surface area contributed by atoms with Gasteiger partial charge in [-0.05, 0) is 59.2 Å². The van der Waals surface area contributed by atoms with E-state index < -0.39 is 0 Å². The van der Waals surface area contributed by atoms with Crippen LogP contribution in [0.25, 0.3) is 89.6 Å². The van der Waals surface area contributed by atoms with Gasteiger partial charge in [0.15, 0.2) is 5.82 Å². The Hall–Kier alpha value is -7.00. The van der Waals surface area contributed by atoms with Crippen molar-refractivity contribution in [2.75, 3.05) is 0 Å². The maximum atomic E-state index is 4.85. The SMILES string of the molecule is c1cnc(-c2c(-c3cccnn3)c(-c3ccsn3)c3c(-c4cc5ccccc5nn4)nnc(-c4ccnnn4)c3c2-c2cnccn2)nc1. The molecular weight excluding hydrogens is 637 g/mol. The van der Waals surface area contributed by atoms with E-state index in [9.17, 15) is 0 Å². The van der Waals surface area contributed by atoms with E-state index >= 15 is 0 Å². The van der Waals surface area contributed by atoms with Crippen LogP contribution in [-0.4, -0.2) is 70.3 Å². The van der Waals surface area contributed by atoms with Crippen molar-refractivity contribution >= 4 is 33.2 Å². The predicted molar refractivity (Wildman–Crippen MR) is 181 cm³/mol. The van der Waals surface area contributed by atoms with Crippen molar-refractivity contribution in [1.29, 1.82) is 0 Å². The molecule has 0 saturated heterocycles. The molecule has 0 saturated carbocycles. The molecule has 7 aromatic heterocycles. The van der Waals surface area contributed by atoms with Crippen LogP contribution in [0, 0.1) is 0 Å². The molecule has 15 heteroatoms. The molecular formula is C34H18N14S. The summed E-state index contributed by atoms with van der Waals surface area (Å²) in [6.07, 6.45) is 11.5. The third-order valence-corrected chi connectivity index (χ3v) is 8.40. The van der Waals surface area contributed by atoms with Gasteiger partial charge in [-0.2, -0.15) is 14.6 Å². The Labute approximate surface area is 280 Å². The molecule has 0 N–H and O–H groups in total. The minimum atomic E-state index is 0.415. The summed E-state index contributed by atoms with van der Waals surface area (Å²) in [6, 6.07) is 18.8. The van der Waals surface area contributed by atoms with Crippen LogP contribution in [0.15, 0.2) is 109 Å². The van der Waals surface area contributed by atoms with Gasteiger partial charge in [-0.1, -0.05) is 18.2 Å². The Kier molecular flexibility index (Phi) is 6.90. The van der Waals surface area contributed by atoms with Crippen LogP contribution in [0.5, 0.6) is 0 Å². The molecule has 7 heterocycles. The van der Waals surface area contributed by atoms with Crippen LogP contribution in [0.4, 0.5) is 0 Å². The molecule has 49 heavy (non-hydrogen) atoms. The average molecular weight is 655 g/mol. The van der Waals surface area contributed by atoms with Crippen molar-refractivity contribution in [3.05, 3.63) is 109 Å². The monoisotopic (exact) mass is 654 g/mol. The third-order valence-electron chi connectivity index (χ3n) is 7.84. The Balaban J connectivity index is 1.59. The number of fused-ring (bicyclic) bond motifs is 2. The molecule has 2 aromatic carbocycles. The molecule has 9 rings (SSSR count). The van der Waals surface area contributed by atoms with Gasteiger partial charge in [-0.15, -0.1) is 30.6 Å². The molecule has 9 aromatic rings. The minimum Gasteiger partial charge on any atom is -0.261 e. The van der Waals surface area contributed by atoms with Gasteiger partial charge in [0.25, 0.3) is 0 Å². The molecule has 0 aliphatic rings. The van der Waals surface area contributed by atoms with E-state index in [4.69, 9.17) is 29.5 Å². The molecule has 230 valence electrons. The molecule has 0 radical (unpaired) electrons. The summed E-state index contributed by atoms with van der Waals surface area (Å²) in [5.41, 5.74) is 6.88. The number of benzene rings is 2. The van der Waals surface area contributed by atoms with Gasteiger partial charge >= 0.3 is 0 Å². The van der Waals surface area contributed by atoms with Crippen LogP contribution in [0.2, 0.25) is 0 Å². The highest BCUT2D eigenvalue weighted by molar-refractivity contribution is 7.03. The van der Waals surface area contributed by atoms with Crippen molar-refractivity contribution in [3.8, 4) is 67.9 Å². The van der Waals surface area contributed by atoms with E-state index in [1.165, 1.54) is 11.5 Å². The van der Waals surface area contributed by atoms with E-state index in [0.29, 0.717) is 78.7 Å². The predicted octanol–water partition coefficient (Wildman–Crippen LogP) is 5.59. The maximum Gasteiger partial charge on any atom is 0.160 e. The van der Waals surface area contributed by atoms with Crippen LogP contribution in [-0.2, 0) is 0 Å². The normalized spacial score (nSPS) is 11.3. The Morgan fingerprint density at radius 3 is 2.10 bits per heavy atom. The second-order valence-electron chi connectivity index (χ2n) is 10.6. The lowest BCUT2D eigenvalue weighted by molar-refractivity contribution is 0.865. The van der Waals surface area contributed by atoms with E-state index in [-0.39, 0.29) is 0 Å². The van der Waals surface area contributed by atoms with Crippen molar-refractivity contribution in [1.82, 2.24) is 70.3 Å². The number of hydrogen-bond acceptors (Lipinski definition) is 15. The first-order chi connectivity index (χ1) is 24.3. The van der Waals surface area contributed by atoms with E-state index in [1.54, 1.807) is 55.5 Å². The smallest absolute Gasteiger partial charge is 0.160 e. The van der Waals surface area contributed by atoms with Gasteiger partial charge in [-0.25, -0.2) is 9.97 Å². The van der Waals surface area contributed by atoms with Crippen molar-refractivity contribution < 1.29 is 0 Å². The van der Waals surface area contributed by atoms with Crippen LogP contribution in [0.3, 0.4) is 0 Å². The Bertz CT molecular complexity index is 2590. The van der Waals surface area contributed by atoms with Gasteiger partial charge in [0.05, 0.1) is 35.0 Å². The molecule has 0 atom stereocenters. The standard InChI is InChI=1S/C34H18N14S/c1-2-6-20-19(5-1)17-24(43-42-20)33-29-27(22-9-16-49-47-22)26(21-7-3-12-39-41-21)31(34-37-10-4-11-38-34)28(25-18-35-14-15-36-25)30(29)32(45-46-33)23-8-13-40-48-44-23/h1-18H. The molecule has 0 amide bonds. The highest BCUT2D eigenvalue weighted by Crippen LogP contribution is 2.52.